The first-order valence-electron chi connectivity index (χ1n) is 8.12. The van der Waals surface area contributed by atoms with E-state index >= 15 is 0 Å². The van der Waals surface area contributed by atoms with E-state index in [4.69, 9.17) is 9.47 Å². The lowest BCUT2D eigenvalue weighted by Crippen LogP contribution is -2.11. The highest BCUT2D eigenvalue weighted by molar-refractivity contribution is 6.06. The number of carbonyl (C=O) groups excluding carboxylic acids is 1. The van der Waals surface area contributed by atoms with E-state index in [1.165, 1.54) is 12.3 Å². The van der Waals surface area contributed by atoms with Crippen LogP contribution in [-0.4, -0.2) is 17.2 Å². The van der Waals surface area contributed by atoms with Crippen LogP contribution in [0, 0.1) is 13.8 Å². The Morgan fingerprint density at radius 1 is 1.16 bits per heavy atom. The van der Waals surface area contributed by atoms with E-state index in [-0.39, 0.29) is 17.1 Å². The number of ketones is 1. The van der Waals surface area contributed by atoms with Crippen molar-refractivity contribution in [3.05, 3.63) is 88.9 Å². The maximum Gasteiger partial charge on any atom is 0.244 e. The van der Waals surface area contributed by atoms with E-state index in [2.05, 4.69) is 0 Å². The molecule has 25 heavy (non-hydrogen) atoms. The number of hydrogen-bond donors (Lipinski definition) is 1. The van der Waals surface area contributed by atoms with E-state index in [9.17, 15) is 9.90 Å². The average Bonchev–Trinajstić information content (AvgIpc) is 3.04. The number of aromatic hydroxyl groups is 1. The standard InChI is InChI=1S/C21H20O4/c1-14-10-18(20(23)11-15(14)2)19(22)9-8-17-13-24-21(25-17)12-16-6-4-3-5-7-16/h3-11,13,21,23H,12H2,1-2H3. The van der Waals surface area contributed by atoms with Crippen LogP contribution in [0.4, 0.5) is 0 Å². The monoisotopic (exact) mass is 336 g/mol. The summed E-state index contributed by atoms with van der Waals surface area (Å²) in [5, 5.41) is 9.96. The fraction of sp³-hybridized carbons (Fsp3) is 0.190. The van der Waals surface area contributed by atoms with Gasteiger partial charge in [0.15, 0.2) is 11.5 Å². The summed E-state index contributed by atoms with van der Waals surface area (Å²) in [5.74, 6) is 0.187. The second-order valence-electron chi connectivity index (χ2n) is 6.04. The summed E-state index contributed by atoms with van der Waals surface area (Å²) in [4.78, 5) is 12.3. The third-order valence-corrected chi connectivity index (χ3v) is 4.13. The second-order valence-corrected chi connectivity index (χ2v) is 6.04. The van der Waals surface area contributed by atoms with Crippen molar-refractivity contribution in [1.82, 2.24) is 0 Å². The van der Waals surface area contributed by atoms with Gasteiger partial charge < -0.3 is 14.6 Å². The number of allylic oxidation sites excluding steroid dienone is 2. The molecule has 1 N–H and O–H groups in total. The van der Waals surface area contributed by atoms with Crippen LogP contribution in [0.2, 0.25) is 0 Å². The van der Waals surface area contributed by atoms with Crippen LogP contribution >= 0.6 is 0 Å². The molecule has 128 valence electrons. The van der Waals surface area contributed by atoms with Gasteiger partial charge in [0.05, 0.1) is 5.56 Å². The lowest BCUT2D eigenvalue weighted by Gasteiger charge is -2.10. The molecule has 3 rings (SSSR count). The first kappa shape index (κ1) is 16.8. The second kappa shape index (κ2) is 7.26. The van der Waals surface area contributed by atoms with Gasteiger partial charge in [0, 0.05) is 6.42 Å². The highest BCUT2D eigenvalue weighted by atomic mass is 16.7. The zero-order valence-corrected chi connectivity index (χ0v) is 14.2. The van der Waals surface area contributed by atoms with Crippen LogP contribution in [0.1, 0.15) is 27.0 Å². The van der Waals surface area contributed by atoms with E-state index in [1.807, 2.05) is 44.2 Å². The molecule has 0 saturated carbocycles. The zero-order valence-electron chi connectivity index (χ0n) is 14.2. The van der Waals surface area contributed by atoms with Gasteiger partial charge in [-0.15, -0.1) is 0 Å². The van der Waals surface area contributed by atoms with Gasteiger partial charge in [0.2, 0.25) is 6.29 Å². The van der Waals surface area contributed by atoms with Gasteiger partial charge in [-0.1, -0.05) is 30.3 Å². The molecule has 0 fully saturated rings. The number of benzene rings is 2. The van der Waals surface area contributed by atoms with Gasteiger partial charge >= 0.3 is 0 Å². The van der Waals surface area contributed by atoms with Gasteiger partial charge in [0.1, 0.15) is 12.0 Å². The molecule has 1 atom stereocenters. The molecule has 1 aliphatic heterocycles. The highest BCUT2D eigenvalue weighted by Crippen LogP contribution is 2.24. The van der Waals surface area contributed by atoms with Crippen molar-refractivity contribution >= 4 is 5.78 Å². The summed E-state index contributed by atoms with van der Waals surface area (Å²) < 4.78 is 11.1. The zero-order chi connectivity index (χ0) is 17.8. The quantitative estimate of drug-likeness (QED) is 0.656. The maximum atomic E-state index is 12.3. The van der Waals surface area contributed by atoms with Crippen molar-refractivity contribution in [3.63, 3.8) is 0 Å². The highest BCUT2D eigenvalue weighted by Gasteiger charge is 2.18. The summed E-state index contributed by atoms with van der Waals surface area (Å²) >= 11 is 0. The van der Waals surface area contributed by atoms with Gasteiger partial charge in [0.25, 0.3) is 0 Å². The molecule has 2 aromatic rings. The van der Waals surface area contributed by atoms with Crippen molar-refractivity contribution in [3.8, 4) is 5.75 Å². The molecule has 2 aromatic carbocycles. The summed E-state index contributed by atoms with van der Waals surface area (Å²) in [6.45, 7) is 3.79. The van der Waals surface area contributed by atoms with Crippen molar-refractivity contribution in [2.24, 2.45) is 0 Å². The SMILES string of the molecule is Cc1cc(O)c(C(=O)C=CC2=COC(Cc3ccccc3)O2)cc1C. The topological polar surface area (TPSA) is 55.8 Å². The first-order chi connectivity index (χ1) is 12.0. The molecular weight excluding hydrogens is 316 g/mol. The third-order valence-electron chi connectivity index (χ3n) is 4.13. The summed E-state index contributed by atoms with van der Waals surface area (Å²) in [5.41, 5.74) is 3.29. The Morgan fingerprint density at radius 2 is 1.88 bits per heavy atom. The molecule has 4 heteroatoms. The minimum absolute atomic E-state index is 0.0164. The Hall–Kier alpha value is -3.01. The Kier molecular flexibility index (Phi) is 4.89. The molecular formula is C21H20O4. The lowest BCUT2D eigenvalue weighted by molar-refractivity contribution is -0.0269. The van der Waals surface area contributed by atoms with Gasteiger partial charge in [-0.3, -0.25) is 4.79 Å². The molecule has 0 saturated heterocycles. The molecule has 4 nitrogen and oxygen atoms in total. The molecule has 0 radical (unpaired) electrons. The van der Waals surface area contributed by atoms with E-state index in [1.54, 1.807) is 18.2 Å². The molecule has 0 bridgehead atoms. The number of ether oxygens (including phenoxy) is 2. The first-order valence-corrected chi connectivity index (χ1v) is 8.12. The molecule has 1 aliphatic rings. The minimum atomic E-state index is -0.396. The Bertz CT molecular complexity index is 834. The summed E-state index contributed by atoms with van der Waals surface area (Å²) in [6.07, 6.45) is 4.66. The Balaban J connectivity index is 1.61. The van der Waals surface area contributed by atoms with E-state index in [0.29, 0.717) is 12.2 Å². The van der Waals surface area contributed by atoms with Crippen molar-refractivity contribution in [2.45, 2.75) is 26.6 Å². The number of carbonyl (C=O) groups is 1. The minimum Gasteiger partial charge on any atom is -0.507 e. The molecule has 1 unspecified atom stereocenters. The normalized spacial score (nSPS) is 16.4. The van der Waals surface area contributed by atoms with Gasteiger partial charge in [-0.2, -0.15) is 0 Å². The predicted molar refractivity (Wildman–Crippen MR) is 95.2 cm³/mol. The number of phenolic OH excluding ortho intramolecular Hbond substituents is 1. The molecule has 0 spiro atoms. The number of hydrogen-bond acceptors (Lipinski definition) is 4. The van der Waals surface area contributed by atoms with Gasteiger partial charge in [-0.05, 0) is 54.8 Å². The fourth-order valence-corrected chi connectivity index (χ4v) is 2.57. The van der Waals surface area contributed by atoms with Crippen LogP contribution in [0.25, 0.3) is 0 Å². The largest absolute Gasteiger partial charge is 0.507 e. The fourth-order valence-electron chi connectivity index (χ4n) is 2.57. The lowest BCUT2D eigenvalue weighted by atomic mass is 10.0. The van der Waals surface area contributed by atoms with E-state index in [0.717, 1.165) is 16.7 Å². The van der Waals surface area contributed by atoms with Crippen LogP contribution in [0.3, 0.4) is 0 Å². The van der Waals surface area contributed by atoms with Gasteiger partial charge in [-0.25, -0.2) is 0 Å². The smallest absolute Gasteiger partial charge is 0.244 e. The maximum absolute atomic E-state index is 12.3. The van der Waals surface area contributed by atoms with Crippen LogP contribution in [-0.2, 0) is 15.9 Å². The van der Waals surface area contributed by atoms with E-state index < -0.39 is 6.29 Å². The number of phenols is 1. The summed E-state index contributed by atoms with van der Waals surface area (Å²) in [6, 6.07) is 13.2. The number of rotatable bonds is 5. The van der Waals surface area contributed by atoms with Crippen LogP contribution < -0.4 is 0 Å². The number of aryl methyl sites for hydroxylation is 2. The molecule has 0 amide bonds. The summed E-state index contributed by atoms with van der Waals surface area (Å²) in [7, 11) is 0. The Labute approximate surface area is 147 Å². The Morgan fingerprint density at radius 3 is 2.64 bits per heavy atom. The molecule has 1 heterocycles. The molecule has 0 aromatic heterocycles. The van der Waals surface area contributed by atoms with Crippen molar-refractivity contribution in [1.29, 1.82) is 0 Å². The van der Waals surface area contributed by atoms with Crippen molar-refractivity contribution in [2.75, 3.05) is 0 Å². The van der Waals surface area contributed by atoms with Crippen LogP contribution in [0.15, 0.2) is 66.6 Å². The average molecular weight is 336 g/mol. The third kappa shape index (κ3) is 4.10. The molecule has 0 aliphatic carbocycles. The predicted octanol–water partition coefficient (Wildman–Crippen LogP) is 4.20. The van der Waals surface area contributed by atoms with Crippen molar-refractivity contribution < 1.29 is 19.4 Å². The van der Waals surface area contributed by atoms with Crippen LogP contribution in [0.5, 0.6) is 5.75 Å².